The van der Waals surface area contributed by atoms with Crippen molar-refractivity contribution in [3.05, 3.63) is 69.7 Å². The first-order valence-corrected chi connectivity index (χ1v) is 9.30. The molecule has 1 heterocycles. The van der Waals surface area contributed by atoms with Crippen LogP contribution in [-0.2, 0) is 9.59 Å². The highest BCUT2D eigenvalue weighted by molar-refractivity contribution is 6.34. The van der Waals surface area contributed by atoms with E-state index in [-0.39, 0.29) is 23.4 Å². The fraction of sp³-hybridized carbons (Fsp3) is 0.200. The first kappa shape index (κ1) is 20.0. The van der Waals surface area contributed by atoms with Gasteiger partial charge in [-0.05, 0) is 43.3 Å². The zero-order chi connectivity index (χ0) is 20.4. The minimum absolute atomic E-state index is 0.0208. The van der Waals surface area contributed by atoms with Gasteiger partial charge in [0, 0.05) is 23.4 Å². The maximum absolute atomic E-state index is 13.2. The third kappa shape index (κ3) is 3.79. The number of rotatable bonds is 5. The molecule has 0 aliphatic carbocycles. The Labute approximate surface area is 171 Å². The van der Waals surface area contributed by atoms with Gasteiger partial charge in [-0.3, -0.25) is 19.2 Å². The highest BCUT2D eigenvalue weighted by atomic mass is 35.5. The third-order valence-corrected chi connectivity index (χ3v) is 5.01. The zero-order valence-electron chi connectivity index (χ0n) is 14.9. The van der Waals surface area contributed by atoms with Gasteiger partial charge in [-0.2, -0.15) is 5.01 Å². The van der Waals surface area contributed by atoms with Crippen LogP contribution in [0.3, 0.4) is 0 Å². The summed E-state index contributed by atoms with van der Waals surface area (Å²) in [5.41, 5.74) is 0.389. The van der Waals surface area contributed by atoms with Crippen LogP contribution in [0.25, 0.3) is 0 Å². The average molecular weight is 419 g/mol. The highest BCUT2D eigenvalue weighted by Gasteiger charge is 2.42. The molecule has 0 unspecified atom stereocenters. The summed E-state index contributed by atoms with van der Waals surface area (Å²) in [6, 6.07) is 11.3. The van der Waals surface area contributed by atoms with Crippen LogP contribution < -0.4 is 0 Å². The molecular formula is C20H16Cl2N2O4. The first-order valence-electron chi connectivity index (χ1n) is 8.55. The Hall–Kier alpha value is -2.70. The molecular weight excluding hydrogens is 403 g/mol. The average Bonchev–Trinajstić information content (AvgIpc) is 3.01. The van der Waals surface area contributed by atoms with E-state index in [1.807, 2.05) is 0 Å². The van der Waals surface area contributed by atoms with Crippen molar-refractivity contribution in [2.24, 2.45) is 0 Å². The van der Waals surface area contributed by atoms with Gasteiger partial charge in [0.15, 0.2) is 5.78 Å². The Bertz CT molecular complexity index is 943. The van der Waals surface area contributed by atoms with Crippen LogP contribution in [0.15, 0.2) is 48.5 Å². The Morgan fingerprint density at radius 3 is 2.11 bits per heavy atom. The Morgan fingerprint density at radius 1 is 0.964 bits per heavy atom. The highest BCUT2D eigenvalue weighted by Crippen LogP contribution is 2.25. The molecule has 0 N–H and O–H groups in total. The van der Waals surface area contributed by atoms with Crippen LogP contribution in [0.5, 0.6) is 0 Å². The minimum atomic E-state index is -1.11. The largest absolute Gasteiger partial charge is 0.292 e. The van der Waals surface area contributed by atoms with E-state index in [1.54, 1.807) is 24.3 Å². The number of ketones is 1. The van der Waals surface area contributed by atoms with Gasteiger partial charge in [-0.15, -0.1) is 0 Å². The fourth-order valence-electron chi connectivity index (χ4n) is 2.97. The van der Waals surface area contributed by atoms with Crippen molar-refractivity contribution >= 4 is 46.7 Å². The van der Waals surface area contributed by atoms with Crippen molar-refractivity contribution in [1.29, 1.82) is 0 Å². The van der Waals surface area contributed by atoms with Crippen LogP contribution >= 0.6 is 23.2 Å². The SMILES string of the molecule is C[C@@H](C(=O)c1ccc(Cl)cc1)N(C(=O)c1ccccc1Cl)N1C(=O)CCC1=O. The summed E-state index contributed by atoms with van der Waals surface area (Å²) in [7, 11) is 0. The number of amides is 3. The molecule has 0 aromatic heterocycles. The molecule has 8 heteroatoms. The Morgan fingerprint density at radius 2 is 1.54 bits per heavy atom. The van der Waals surface area contributed by atoms with E-state index in [0.29, 0.717) is 10.6 Å². The molecule has 144 valence electrons. The second-order valence-electron chi connectivity index (χ2n) is 6.28. The van der Waals surface area contributed by atoms with Crippen LogP contribution in [0, 0.1) is 0 Å². The maximum atomic E-state index is 13.2. The minimum Gasteiger partial charge on any atom is -0.292 e. The van der Waals surface area contributed by atoms with E-state index >= 15 is 0 Å². The van der Waals surface area contributed by atoms with E-state index in [9.17, 15) is 19.2 Å². The van der Waals surface area contributed by atoms with Crippen LogP contribution in [0.2, 0.25) is 10.0 Å². The van der Waals surface area contributed by atoms with Crippen molar-refractivity contribution in [3.63, 3.8) is 0 Å². The molecule has 3 rings (SSSR count). The van der Waals surface area contributed by atoms with Gasteiger partial charge in [0.2, 0.25) is 11.8 Å². The number of imide groups is 1. The van der Waals surface area contributed by atoms with Crippen LogP contribution in [0.4, 0.5) is 0 Å². The number of nitrogens with zero attached hydrogens (tertiary/aromatic N) is 2. The number of hydrazine groups is 1. The summed E-state index contributed by atoms with van der Waals surface area (Å²) >= 11 is 12.0. The molecule has 0 spiro atoms. The second-order valence-corrected chi connectivity index (χ2v) is 7.12. The van der Waals surface area contributed by atoms with E-state index in [0.717, 1.165) is 10.0 Å². The van der Waals surface area contributed by atoms with Gasteiger partial charge < -0.3 is 0 Å². The van der Waals surface area contributed by atoms with Crippen molar-refractivity contribution < 1.29 is 19.2 Å². The summed E-state index contributed by atoms with van der Waals surface area (Å²) in [5, 5.41) is 2.26. The molecule has 1 saturated heterocycles. The lowest BCUT2D eigenvalue weighted by Crippen LogP contribution is -2.56. The summed E-state index contributed by atoms with van der Waals surface area (Å²) in [6.07, 6.45) is -0.0417. The van der Waals surface area contributed by atoms with Crippen LogP contribution in [-0.4, -0.2) is 39.6 Å². The van der Waals surface area contributed by atoms with Gasteiger partial charge >= 0.3 is 0 Å². The van der Waals surface area contributed by atoms with Gasteiger partial charge in [0.05, 0.1) is 10.6 Å². The standard InChI is InChI=1S/C20H16Cl2N2O4/c1-12(19(27)13-6-8-14(21)9-7-13)23(24-17(25)10-11-18(24)26)20(28)15-4-2-3-5-16(15)22/h2-9,12H,10-11H2,1H3/t12-/m0/s1. The smallest absolute Gasteiger partial charge is 0.275 e. The predicted octanol–water partition coefficient (Wildman–Crippen LogP) is 3.77. The van der Waals surface area contributed by atoms with Gasteiger partial charge in [0.25, 0.3) is 5.91 Å². The second kappa shape index (κ2) is 8.12. The number of benzene rings is 2. The molecule has 28 heavy (non-hydrogen) atoms. The number of halogens is 2. The van der Waals surface area contributed by atoms with E-state index in [2.05, 4.69) is 0 Å². The van der Waals surface area contributed by atoms with Crippen molar-refractivity contribution in [1.82, 2.24) is 10.0 Å². The van der Waals surface area contributed by atoms with Gasteiger partial charge in [-0.1, -0.05) is 35.3 Å². The third-order valence-electron chi connectivity index (χ3n) is 4.43. The van der Waals surface area contributed by atoms with Gasteiger partial charge in [-0.25, -0.2) is 5.01 Å². The van der Waals surface area contributed by atoms with E-state index < -0.39 is 29.5 Å². The molecule has 1 fully saturated rings. The molecule has 0 bridgehead atoms. The normalized spacial score (nSPS) is 14.9. The van der Waals surface area contributed by atoms with Crippen LogP contribution in [0.1, 0.15) is 40.5 Å². The van der Waals surface area contributed by atoms with Crippen molar-refractivity contribution in [3.8, 4) is 0 Å². The molecule has 0 radical (unpaired) electrons. The monoisotopic (exact) mass is 418 g/mol. The molecule has 0 saturated carbocycles. The molecule has 1 atom stereocenters. The summed E-state index contributed by atoms with van der Waals surface area (Å²) in [4.78, 5) is 50.8. The lowest BCUT2D eigenvalue weighted by atomic mass is 10.0. The number of hydrogen-bond acceptors (Lipinski definition) is 4. The number of Topliss-reactive ketones (excluding diaryl/α,β-unsaturated/α-hetero) is 1. The zero-order valence-corrected chi connectivity index (χ0v) is 16.4. The van der Waals surface area contributed by atoms with Crippen molar-refractivity contribution in [2.45, 2.75) is 25.8 Å². The molecule has 2 aromatic carbocycles. The Balaban J connectivity index is 2.03. The summed E-state index contributed by atoms with van der Waals surface area (Å²) < 4.78 is 0. The quantitative estimate of drug-likeness (QED) is 0.546. The topological polar surface area (TPSA) is 74.8 Å². The lowest BCUT2D eigenvalue weighted by Gasteiger charge is -2.34. The molecule has 6 nitrogen and oxygen atoms in total. The lowest BCUT2D eigenvalue weighted by molar-refractivity contribution is -0.154. The summed E-state index contributed by atoms with van der Waals surface area (Å²) in [5.74, 6) is -2.23. The first-order chi connectivity index (χ1) is 13.3. The molecule has 1 aliphatic rings. The summed E-state index contributed by atoms with van der Waals surface area (Å²) in [6.45, 7) is 1.46. The molecule has 1 aliphatic heterocycles. The number of hydrogen-bond donors (Lipinski definition) is 0. The van der Waals surface area contributed by atoms with E-state index in [1.165, 1.54) is 31.2 Å². The van der Waals surface area contributed by atoms with Gasteiger partial charge in [0.1, 0.15) is 6.04 Å². The molecule has 2 aromatic rings. The van der Waals surface area contributed by atoms with Crippen molar-refractivity contribution in [2.75, 3.05) is 0 Å². The number of carbonyl (C=O) groups excluding carboxylic acids is 4. The maximum Gasteiger partial charge on any atom is 0.275 e. The molecule has 3 amide bonds. The Kier molecular flexibility index (Phi) is 5.82. The van der Waals surface area contributed by atoms with E-state index in [4.69, 9.17) is 23.2 Å². The number of carbonyl (C=O) groups is 4. The predicted molar refractivity (Wildman–Crippen MR) is 104 cm³/mol. The fourth-order valence-corrected chi connectivity index (χ4v) is 3.31.